The van der Waals surface area contributed by atoms with Gasteiger partial charge in [0.05, 0.1) is 11.2 Å². The average molecular weight is 323 g/mol. The first-order chi connectivity index (χ1) is 9.81. The Morgan fingerprint density at radius 2 is 1.70 bits per heavy atom. The van der Waals surface area contributed by atoms with Crippen LogP contribution >= 0.6 is 15.9 Å². The fraction of sp³-hybridized carbons (Fsp3) is 0. The zero-order valence-corrected chi connectivity index (χ0v) is 12.2. The van der Waals surface area contributed by atoms with E-state index in [1.54, 1.807) is 0 Å². The lowest BCUT2D eigenvalue weighted by molar-refractivity contribution is 1.12. The minimum Gasteiger partial charge on any atom is -0.277 e. The number of rotatable bonds is 1. The number of aromatic nitrogens is 2. The molecule has 96 valence electrons. The molecule has 3 heteroatoms. The molecule has 0 unspecified atom stereocenters. The summed E-state index contributed by atoms with van der Waals surface area (Å²) < 4.78 is 1.09. The molecule has 0 amide bonds. The lowest BCUT2D eigenvalue weighted by Gasteiger charge is -2.01. The summed E-state index contributed by atoms with van der Waals surface area (Å²) in [4.78, 5) is 0. The third kappa shape index (κ3) is 1.82. The predicted molar refractivity (Wildman–Crippen MR) is 86.7 cm³/mol. The Bertz CT molecular complexity index is 910. The van der Waals surface area contributed by atoms with Crippen molar-refractivity contribution in [3.05, 3.63) is 65.1 Å². The van der Waals surface area contributed by atoms with Gasteiger partial charge in [-0.2, -0.15) is 5.10 Å². The molecule has 3 aromatic carbocycles. The zero-order valence-electron chi connectivity index (χ0n) is 10.6. The molecule has 4 aromatic rings. The van der Waals surface area contributed by atoms with Gasteiger partial charge in [0.1, 0.15) is 0 Å². The van der Waals surface area contributed by atoms with Gasteiger partial charge in [0.2, 0.25) is 0 Å². The molecule has 0 radical (unpaired) electrons. The monoisotopic (exact) mass is 322 g/mol. The number of fused-ring (bicyclic) bond motifs is 2. The van der Waals surface area contributed by atoms with Crippen LogP contribution in [0.25, 0.3) is 32.9 Å². The quantitative estimate of drug-likeness (QED) is 0.516. The molecule has 0 spiro atoms. The maximum Gasteiger partial charge on any atom is 0.0999 e. The summed E-state index contributed by atoms with van der Waals surface area (Å²) in [7, 11) is 0. The highest BCUT2D eigenvalue weighted by molar-refractivity contribution is 9.10. The van der Waals surface area contributed by atoms with Crippen molar-refractivity contribution in [2.45, 2.75) is 0 Å². The minimum absolute atomic E-state index is 1.00. The van der Waals surface area contributed by atoms with Crippen molar-refractivity contribution in [1.29, 1.82) is 0 Å². The number of H-pyrrole nitrogens is 1. The lowest BCUT2D eigenvalue weighted by Crippen LogP contribution is -1.78. The molecule has 0 fully saturated rings. The van der Waals surface area contributed by atoms with Gasteiger partial charge in [-0.3, -0.25) is 5.10 Å². The number of halogens is 1. The van der Waals surface area contributed by atoms with E-state index in [-0.39, 0.29) is 0 Å². The first-order valence-corrected chi connectivity index (χ1v) is 7.23. The Balaban J connectivity index is 2.04. The van der Waals surface area contributed by atoms with E-state index in [0.29, 0.717) is 0 Å². The van der Waals surface area contributed by atoms with Crippen LogP contribution in [0.1, 0.15) is 0 Å². The molecule has 0 aliphatic heterocycles. The van der Waals surface area contributed by atoms with Gasteiger partial charge in [-0.05, 0) is 35.0 Å². The minimum atomic E-state index is 1.00. The average Bonchev–Trinajstić information content (AvgIpc) is 2.88. The van der Waals surface area contributed by atoms with Crippen LogP contribution in [0.2, 0.25) is 0 Å². The summed E-state index contributed by atoms with van der Waals surface area (Å²) in [5.74, 6) is 0. The smallest absolute Gasteiger partial charge is 0.0999 e. The number of benzene rings is 3. The summed E-state index contributed by atoms with van der Waals surface area (Å²) in [5.41, 5.74) is 3.20. The van der Waals surface area contributed by atoms with Crippen molar-refractivity contribution in [3.63, 3.8) is 0 Å². The first-order valence-electron chi connectivity index (χ1n) is 6.44. The molecule has 0 saturated heterocycles. The van der Waals surface area contributed by atoms with E-state index in [1.165, 1.54) is 10.8 Å². The number of hydrogen-bond acceptors (Lipinski definition) is 1. The number of nitrogens with zero attached hydrogens (tertiary/aromatic N) is 1. The fourth-order valence-electron chi connectivity index (χ4n) is 2.55. The predicted octanol–water partition coefficient (Wildman–Crippen LogP) is 5.15. The molecule has 2 nitrogen and oxygen atoms in total. The van der Waals surface area contributed by atoms with Crippen LogP contribution in [-0.4, -0.2) is 10.2 Å². The second-order valence-electron chi connectivity index (χ2n) is 4.83. The van der Waals surface area contributed by atoms with Crippen LogP contribution in [0.5, 0.6) is 0 Å². The second-order valence-corrected chi connectivity index (χ2v) is 5.74. The van der Waals surface area contributed by atoms with Gasteiger partial charge in [-0.15, -0.1) is 0 Å². The normalized spacial score (nSPS) is 11.2. The Morgan fingerprint density at radius 1 is 0.850 bits per heavy atom. The summed E-state index contributed by atoms with van der Waals surface area (Å²) in [6.45, 7) is 0. The molecule has 0 bridgehead atoms. The van der Waals surface area contributed by atoms with Crippen molar-refractivity contribution in [2.75, 3.05) is 0 Å². The van der Waals surface area contributed by atoms with Crippen LogP contribution in [0.15, 0.2) is 65.1 Å². The van der Waals surface area contributed by atoms with Gasteiger partial charge >= 0.3 is 0 Å². The van der Waals surface area contributed by atoms with E-state index in [0.717, 1.165) is 26.6 Å². The Morgan fingerprint density at radius 3 is 2.55 bits per heavy atom. The number of hydrogen-bond donors (Lipinski definition) is 1. The van der Waals surface area contributed by atoms with Crippen molar-refractivity contribution < 1.29 is 0 Å². The van der Waals surface area contributed by atoms with Gasteiger partial charge in [0, 0.05) is 15.4 Å². The van der Waals surface area contributed by atoms with Gasteiger partial charge < -0.3 is 0 Å². The molecule has 0 aliphatic carbocycles. The SMILES string of the molecule is Brc1ccc2cc3[nH]nc(-c4ccccc4)c3cc2c1. The maximum absolute atomic E-state index is 4.47. The summed E-state index contributed by atoms with van der Waals surface area (Å²) in [5, 5.41) is 11.2. The lowest BCUT2D eigenvalue weighted by atomic mass is 10.0. The van der Waals surface area contributed by atoms with Crippen LogP contribution in [0.4, 0.5) is 0 Å². The highest BCUT2D eigenvalue weighted by Gasteiger charge is 2.09. The Hall–Kier alpha value is -2.13. The molecular formula is C17H11BrN2. The standard InChI is InChI=1S/C17H11BrN2/c18-14-7-6-12-10-16-15(9-13(12)8-14)17(20-19-16)11-4-2-1-3-5-11/h1-10H,(H,19,20). The van der Waals surface area contributed by atoms with E-state index < -0.39 is 0 Å². The van der Waals surface area contributed by atoms with Crippen molar-refractivity contribution in [1.82, 2.24) is 10.2 Å². The molecule has 1 N–H and O–H groups in total. The van der Waals surface area contributed by atoms with E-state index in [9.17, 15) is 0 Å². The van der Waals surface area contributed by atoms with Gasteiger partial charge in [-0.1, -0.05) is 52.3 Å². The highest BCUT2D eigenvalue weighted by Crippen LogP contribution is 2.30. The molecule has 0 atom stereocenters. The van der Waals surface area contributed by atoms with Gasteiger partial charge in [-0.25, -0.2) is 0 Å². The van der Waals surface area contributed by atoms with Crippen LogP contribution < -0.4 is 0 Å². The Labute approximate surface area is 124 Å². The molecule has 4 rings (SSSR count). The number of aromatic amines is 1. The fourth-order valence-corrected chi connectivity index (χ4v) is 2.93. The van der Waals surface area contributed by atoms with Gasteiger partial charge in [0.25, 0.3) is 0 Å². The molecule has 0 aliphatic rings. The van der Waals surface area contributed by atoms with Crippen molar-refractivity contribution in [2.24, 2.45) is 0 Å². The third-order valence-corrected chi connectivity index (χ3v) is 4.02. The second kappa shape index (κ2) is 4.46. The van der Waals surface area contributed by atoms with Gasteiger partial charge in [0.15, 0.2) is 0 Å². The molecule has 1 heterocycles. The topological polar surface area (TPSA) is 28.7 Å². The Kier molecular flexibility index (Phi) is 2.60. The van der Waals surface area contributed by atoms with E-state index in [1.807, 2.05) is 18.2 Å². The maximum atomic E-state index is 4.47. The van der Waals surface area contributed by atoms with E-state index >= 15 is 0 Å². The van der Waals surface area contributed by atoms with Crippen molar-refractivity contribution in [3.8, 4) is 11.3 Å². The van der Waals surface area contributed by atoms with Crippen LogP contribution in [0, 0.1) is 0 Å². The zero-order chi connectivity index (χ0) is 13.5. The van der Waals surface area contributed by atoms with Crippen LogP contribution in [-0.2, 0) is 0 Å². The van der Waals surface area contributed by atoms with Crippen LogP contribution in [0.3, 0.4) is 0 Å². The molecule has 0 saturated carbocycles. The largest absolute Gasteiger partial charge is 0.277 e. The molecular weight excluding hydrogens is 312 g/mol. The summed E-state index contributed by atoms with van der Waals surface area (Å²) in [6, 6.07) is 20.9. The highest BCUT2D eigenvalue weighted by atomic mass is 79.9. The third-order valence-electron chi connectivity index (χ3n) is 3.53. The number of nitrogens with one attached hydrogen (secondary N) is 1. The molecule has 20 heavy (non-hydrogen) atoms. The molecule has 1 aromatic heterocycles. The summed E-state index contributed by atoms with van der Waals surface area (Å²) >= 11 is 3.53. The van der Waals surface area contributed by atoms with E-state index in [2.05, 4.69) is 68.6 Å². The van der Waals surface area contributed by atoms with Crippen molar-refractivity contribution >= 4 is 37.6 Å². The summed E-state index contributed by atoms with van der Waals surface area (Å²) in [6.07, 6.45) is 0. The van der Waals surface area contributed by atoms with E-state index in [4.69, 9.17) is 0 Å². The first kappa shape index (κ1) is 11.7.